The first-order valence-corrected chi connectivity index (χ1v) is 7.46. The Labute approximate surface area is 136 Å². The van der Waals surface area contributed by atoms with Gasteiger partial charge in [-0.05, 0) is 35.9 Å². The number of rotatable bonds is 6. The van der Waals surface area contributed by atoms with Crippen LogP contribution in [0.2, 0.25) is 0 Å². The lowest BCUT2D eigenvalue weighted by atomic mass is 10.2. The number of anilines is 1. The molecule has 116 valence electrons. The van der Waals surface area contributed by atoms with Gasteiger partial charge in [0.15, 0.2) is 0 Å². The highest BCUT2D eigenvalue weighted by Gasteiger charge is 2.06. The topological polar surface area (TPSA) is 50.4 Å². The van der Waals surface area contributed by atoms with Crippen molar-refractivity contribution in [1.82, 2.24) is 5.32 Å². The molecule has 0 unspecified atom stereocenters. The zero-order valence-electron chi connectivity index (χ0n) is 12.0. The average molecular weight is 367 g/mol. The lowest BCUT2D eigenvalue weighted by molar-refractivity contribution is -0.119. The van der Waals surface area contributed by atoms with E-state index in [4.69, 9.17) is 4.74 Å². The van der Waals surface area contributed by atoms with Gasteiger partial charge >= 0.3 is 0 Å². The first-order chi connectivity index (χ1) is 10.6. The van der Waals surface area contributed by atoms with Crippen LogP contribution in [-0.4, -0.2) is 19.6 Å². The van der Waals surface area contributed by atoms with E-state index < -0.39 is 5.82 Å². The molecule has 1 amide bonds. The molecule has 0 radical (unpaired) electrons. The summed E-state index contributed by atoms with van der Waals surface area (Å²) in [6, 6.07) is 12.1. The minimum absolute atomic E-state index is 0.00250. The van der Waals surface area contributed by atoms with Crippen LogP contribution in [-0.2, 0) is 11.3 Å². The van der Waals surface area contributed by atoms with Crippen LogP contribution < -0.4 is 15.4 Å². The Morgan fingerprint density at radius 2 is 2.09 bits per heavy atom. The molecule has 2 aromatic carbocycles. The third-order valence-electron chi connectivity index (χ3n) is 2.99. The maximum Gasteiger partial charge on any atom is 0.239 e. The van der Waals surface area contributed by atoms with E-state index >= 15 is 0 Å². The Balaban J connectivity index is 1.82. The minimum Gasteiger partial charge on any atom is -0.497 e. The summed E-state index contributed by atoms with van der Waals surface area (Å²) < 4.78 is 19.4. The highest BCUT2D eigenvalue weighted by molar-refractivity contribution is 9.10. The maximum absolute atomic E-state index is 13.6. The number of halogens is 2. The van der Waals surface area contributed by atoms with Crippen molar-refractivity contribution in [1.29, 1.82) is 0 Å². The van der Waals surface area contributed by atoms with E-state index in [1.54, 1.807) is 19.2 Å². The molecular formula is C16H16BrFN2O2. The Morgan fingerprint density at radius 1 is 1.27 bits per heavy atom. The van der Waals surface area contributed by atoms with Gasteiger partial charge in [0.25, 0.3) is 0 Å². The first-order valence-electron chi connectivity index (χ1n) is 6.67. The van der Waals surface area contributed by atoms with Gasteiger partial charge in [0, 0.05) is 11.0 Å². The molecule has 6 heteroatoms. The zero-order valence-corrected chi connectivity index (χ0v) is 13.6. The number of carbonyl (C=O) groups excluding carboxylic acids is 1. The quantitative estimate of drug-likeness (QED) is 0.824. The normalized spacial score (nSPS) is 10.1. The summed E-state index contributed by atoms with van der Waals surface area (Å²) in [4.78, 5) is 11.8. The molecule has 4 nitrogen and oxygen atoms in total. The van der Waals surface area contributed by atoms with Crippen LogP contribution in [0.25, 0.3) is 0 Å². The van der Waals surface area contributed by atoms with Gasteiger partial charge in [-0.3, -0.25) is 4.79 Å². The van der Waals surface area contributed by atoms with E-state index in [1.807, 2.05) is 24.3 Å². The largest absolute Gasteiger partial charge is 0.497 e. The van der Waals surface area contributed by atoms with Crippen LogP contribution in [0.4, 0.5) is 10.1 Å². The van der Waals surface area contributed by atoms with Gasteiger partial charge in [0.05, 0.1) is 19.3 Å². The lowest BCUT2D eigenvalue weighted by Gasteiger charge is -2.09. The molecule has 0 spiro atoms. The molecule has 22 heavy (non-hydrogen) atoms. The fraction of sp³-hybridized carbons (Fsp3) is 0.188. The Morgan fingerprint density at radius 3 is 2.82 bits per heavy atom. The number of nitrogens with one attached hydrogen (secondary N) is 2. The van der Waals surface area contributed by atoms with Crippen molar-refractivity contribution in [2.45, 2.75) is 6.54 Å². The van der Waals surface area contributed by atoms with Crippen molar-refractivity contribution in [2.75, 3.05) is 19.0 Å². The van der Waals surface area contributed by atoms with Gasteiger partial charge < -0.3 is 15.4 Å². The molecule has 2 aromatic rings. The van der Waals surface area contributed by atoms with Gasteiger partial charge in [-0.25, -0.2) is 4.39 Å². The maximum atomic E-state index is 13.6. The number of amides is 1. The number of carbonyl (C=O) groups is 1. The SMILES string of the molecule is COc1cccc(CNC(=O)CNc2ccc(Br)cc2F)c1. The molecule has 0 saturated carbocycles. The number of methoxy groups -OCH3 is 1. The third kappa shape index (κ3) is 4.73. The second kappa shape index (κ2) is 7.79. The second-order valence-corrected chi connectivity index (χ2v) is 5.52. The molecular weight excluding hydrogens is 351 g/mol. The van der Waals surface area contributed by atoms with Crippen LogP contribution in [0.3, 0.4) is 0 Å². The highest BCUT2D eigenvalue weighted by Crippen LogP contribution is 2.19. The predicted octanol–water partition coefficient (Wildman–Crippen LogP) is 3.33. The smallest absolute Gasteiger partial charge is 0.239 e. The zero-order chi connectivity index (χ0) is 15.9. The van der Waals surface area contributed by atoms with Crippen molar-refractivity contribution >= 4 is 27.5 Å². The number of hydrogen-bond acceptors (Lipinski definition) is 3. The average Bonchev–Trinajstić information content (AvgIpc) is 2.52. The van der Waals surface area contributed by atoms with Crippen LogP contribution in [0.5, 0.6) is 5.75 Å². The number of ether oxygens (including phenoxy) is 1. The van der Waals surface area contributed by atoms with Gasteiger partial charge in [0.2, 0.25) is 5.91 Å². The van der Waals surface area contributed by atoms with Crippen molar-refractivity contribution in [3.8, 4) is 5.75 Å². The van der Waals surface area contributed by atoms with E-state index in [-0.39, 0.29) is 12.5 Å². The molecule has 0 aliphatic heterocycles. The second-order valence-electron chi connectivity index (χ2n) is 4.61. The van der Waals surface area contributed by atoms with E-state index in [2.05, 4.69) is 26.6 Å². The molecule has 0 fully saturated rings. The van der Waals surface area contributed by atoms with E-state index in [9.17, 15) is 9.18 Å². The van der Waals surface area contributed by atoms with Gasteiger partial charge in [-0.15, -0.1) is 0 Å². The lowest BCUT2D eigenvalue weighted by Crippen LogP contribution is -2.29. The van der Waals surface area contributed by atoms with Gasteiger partial charge in [0.1, 0.15) is 11.6 Å². The van der Waals surface area contributed by atoms with E-state index in [0.717, 1.165) is 11.3 Å². The molecule has 0 aliphatic rings. The molecule has 2 N–H and O–H groups in total. The minimum atomic E-state index is -0.407. The van der Waals surface area contributed by atoms with Crippen LogP contribution in [0, 0.1) is 5.82 Å². The van der Waals surface area contributed by atoms with Crippen LogP contribution >= 0.6 is 15.9 Å². The van der Waals surface area contributed by atoms with E-state index in [1.165, 1.54) is 6.07 Å². The molecule has 0 bridgehead atoms. The Hall–Kier alpha value is -2.08. The summed E-state index contributed by atoms with van der Waals surface area (Å²) in [5.41, 5.74) is 1.22. The standard InChI is InChI=1S/C16H16BrFN2O2/c1-22-13-4-2-3-11(7-13)9-20-16(21)10-19-15-6-5-12(17)8-14(15)18/h2-8,19H,9-10H2,1H3,(H,20,21). The summed E-state index contributed by atoms with van der Waals surface area (Å²) in [6.45, 7) is 0.392. The Bertz CT molecular complexity index is 664. The first kappa shape index (κ1) is 16.3. The molecule has 0 saturated heterocycles. The summed E-state index contributed by atoms with van der Waals surface area (Å²) in [5, 5.41) is 5.53. The molecule has 0 aliphatic carbocycles. The fourth-order valence-electron chi connectivity index (χ4n) is 1.85. The van der Waals surface area contributed by atoms with Crippen LogP contribution in [0.15, 0.2) is 46.9 Å². The summed E-state index contributed by atoms with van der Waals surface area (Å²) in [5.74, 6) is 0.113. The predicted molar refractivity (Wildman–Crippen MR) is 87.4 cm³/mol. The van der Waals surface area contributed by atoms with Crippen molar-refractivity contribution in [3.05, 3.63) is 58.3 Å². The molecule has 0 atom stereocenters. The number of hydrogen-bond donors (Lipinski definition) is 2. The molecule has 2 rings (SSSR count). The van der Waals surface area contributed by atoms with Crippen molar-refractivity contribution in [3.63, 3.8) is 0 Å². The fourth-order valence-corrected chi connectivity index (χ4v) is 2.19. The monoisotopic (exact) mass is 366 g/mol. The summed E-state index contributed by atoms with van der Waals surface area (Å²) in [6.07, 6.45) is 0. The van der Waals surface area contributed by atoms with Gasteiger partial charge in [-0.2, -0.15) is 0 Å². The summed E-state index contributed by atoms with van der Waals surface area (Å²) >= 11 is 3.18. The third-order valence-corrected chi connectivity index (χ3v) is 3.49. The molecule has 0 heterocycles. The van der Waals surface area contributed by atoms with Crippen molar-refractivity contribution in [2.24, 2.45) is 0 Å². The highest BCUT2D eigenvalue weighted by atomic mass is 79.9. The Kier molecular flexibility index (Phi) is 5.77. The van der Waals surface area contributed by atoms with Gasteiger partial charge in [-0.1, -0.05) is 28.1 Å². The van der Waals surface area contributed by atoms with Crippen molar-refractivity contribution < 1.29 is 13.9 Å². The number of benzene rings is 2. The summed E-state index contributed by atoms with van der Waals surface area (Å²) in [7, 11) is 1.59. The molecule has 0 aromatic heterocycles. The van der Waals surface area contributed by atoms with Crippen LogP contribution in [0.1, 0.15) is 5.56 Å². The van der Waals surface area contributed by atoms with E-state index in [0.29, 0.717) is 16.7 Å².